The zero-order chi connectivity index (χ0) is 12.3. The lowest BCUT2D eigenvalue weighted by atomic mass is 10.1. The van der Waals surface area contributed by atoms with Crippen LogP contribution < -0.4 is 5.32 Å². The minimum absolute atomic E-state index is 1.10. The molecule has 0 aromatic heterocycles. The SMILES string of the molecule is CCCCCCCCCNc1ccccc1I. The number of para-hydroxylation sites is 1. The molecule has 0 aliphatic carbocycles. The van der Waals surface area contributed by atoms with Crippen LogP contribution in [0.3, 0.4) is 0 Å². The van der Waals surface area contributed by atoms with Crippen LogP contribution in [0.25, 0.3) is 0 Å². The second-order valence-electron chi connectivity index (χ2n) is 4.53. The monoisotopic (exact) mass is 345 g/mol. The van der Waals surface area contributed by atoms with E-state index in [1.807, 2.05) is 0 Å². The van der Waals surface area contributed by atoms with Crippen LogP contribution in [-0.4, -0.2) is 6.54 Å². The second kappa shape index (κ2) is 9.75. The fourth-order valence-electron chi connectivity index (χ4n) is 1.91. The van der Waals surface area contributed by atoms with Gasteiger partial charge < -0.3 is 5.32 Å². The number of nitrogens with one attached hydrogen (secondary N) is 1. The van der Waals surface area contributed by atoms with Crippen LogP contribution >= 0.6 is 22.6 Å². The van der Waals surface area contributed by atoms with Gasteiger partial charge in [0, 0.05) is 15.8 Å². The molecule has 17 heavy (non-hydrogen) atoms. The number of halogens is 1. The van der Waals surface area contributed by atoms with Crippen molar-refractivity contribution in [2.24, 2.45) is 0 Å². The van der Waals surface area contributed by atoms with Gasteiger partial charge in [-0.05, 0) is 41.1 Å². The van der Waals surface area contributed by atoms with Crippen LogP contribution in [0, 0.1) is 3.57 Å². The molecule has 0 amide bonds. The van der Waals surface area contributed by atoms with E-state index in [4.69, 9.17) is 0 Å². The summed E-state index contributed by atoms with van der Waals surface area (Å²) in [5.74, 6) is 0. The molecule has 0 spiro atoms. The summed E-state index contributed by atoms with van der Waals surface area (Å²) in [7, 11) is 0. The highest BCUT2D eigenvalue weighted by Crippen LogP contribution is 2.17. The van der Waals surface area contributed by atoms with Gasteiger partial charge in [-0.2, -0.15) is 0 Å². The van der Waals surface area contributed by atoms with E-state index >= 15 is 0 Å². The van der Waals surface area contributed by atoms with Crippen molar-refractivity contribution in [1.29, 1.82) is 0 Å². The molecule has 0 unspecified atom stereocenters. The Balaban J connectivity index is 1.99. The Bertz CT molecular complexity index is 299. The molecule has 2 heteroatoms. The molecule has 0 fully saturated rings. The van der Waals surface area contributed by atoms with Crippen molar-refractivity contribution in [3.63, 3.8) is 0 Å². The van der Waals surface area contributed by atoms with E-state index in [2.05, 4.69) is 59.1 Å². The Kier molecular flexibility index (Phi) is 8.49. The molecule has 0 saturated heterocycles. The first kappa shape index (κ1) is 14.8. The molecule has 0 aliphatic heterocycles. The average molecular weight is 345 g/mol. The maximum absolute atomic E-state index is 3.51. The standard InChI is InChI=1S/C15H24IN/c1-2-3-4-5-6-7-10-13-17-15-12-9-8-11-14(15)16/h8-9,11-12,17H,2-7,10,13H2,1H3. The third kappa shape index (κ3) is 6.92. The van der Waals surface area contributed by atoms with Crippen LogP contribution in [0.4, 0.5) is 5.69 Å². The third-order valence-corrected chi connectivity index (χ3v) is 3.91. The molecule has 0 aliphatic rings. The fourth-order valence-corrected chi connectivity index (χ4v) is 2.49. The number of hydrogen-bond acceptors (Lipinski definition) is 1. The van der Waals surface area contributed by atoms with Gasteiger partial charge in [-0.1, -0.05) is 57.6 Å². The first-order chi connectivity index (χ1) is 8.34. The van der Waals surface area contributed by atoms with Crippen molar-refractivity contribution in [2.75, 3.05) is 11.9 Å². The normalized spacial score (nSPS) is 10.5. The minimum Gasteiger partial charge on any atom is -0.384 e. The van der Waals surface area contributed by atoms with E-state index < -0.39 is 0 Å². The van der Waals surface area contributed by atoms with Gasteiger partial charge in [-0.15, -0.1) is 0 Å². The van der Waals surface area contributed by atoms with Crippen LogP contribution in [0.5, 0.6) is 0 Å². The predicted octanol–water partition coefficient (Wildman–Crippen LogP) is 5.45. The summed E-state index contributed by atoms with van der Waals surface area (Å²) < 4.78 is 1.31. The van der Waals surface area contributed by atoms with Gasteiger partial charge in [-0.3, -0.25) is 0 Å². The molecule has 0 saturated carbocycles. The molecule has 1 N–H and O–H groups in total. The van der Waals surface area contributed by atoms with Crippen LogP contribution in [0.2, 0.25) is 0 Å². The summed E-state index contributed by atoms with van der Waals surface area (Å²) in [6, 6.07) is 8.48. The summed E-state index contributed by atoms with van der Waals surface area (Å²) in [6.07, 6.45) is 9.62. The Morgan fingerprint density at radius 3 is 2.29 bits per heavy atom. The van der Waals surface area contributed by atoms with Gasteiger partial charge in [0.25, 0.3) is 0 Å². The highest BCUT2D eigenvalue weighted by molar-refractivity contribution is 14.1. The van der Waals surface area contributed by atoms with Crippen LogP contribution in [-0.2, 0) is 0 Å². The predicted molar refractivity (Wildman–Crippen MR) is 85.6 cm³/mol. The van der Waals surface area contributed by atoms with Gasteiger partial charge in [0.2, 0.25) is 0 Å². The lowest BCUT2D eigenvalue weighted by Gasteiger charge is -2.08. The van der Waals surface area contributed by atoms with Crippen molar-refractivity contribution in [2.45, 2.75) is 51.9 Å². The average Bonchev–Trinajstić information content (AvgIpc) is 2.35. The zero-order valence-corrected chi connectivity index (χ0v) is 13.0. The summed E-state index contributed by atoms with van der Waals surface area (Å²) in [6.45, 7) is 3.37. The van der Waals surface area contributed by atoms with Crippen LogP contribution in [0.15, 0.2) is 24.3 Å². The second-order valence-corrected chi connectivity index (χ2v) is 5.69. The molecule has 0 atom stereocenters. The van der Waals surface area contributed by atoms with Crippen molar-refractivity contribution < 1.29 is 0 Å². The summed E-state index contributed by atoms with van der Waals surface area (Å²) in [5.41, 5.74) is 1.28. The number of anilines is 1. The third-order valence-electron chi connectivity index (χ3n) is 2.97. The Morgan fingerprint density at radius 1 is 0.941 bits per heavy atom. The van der Waals surface area contributed by atoms with E-state index in [0.29, 0.717) is 0 Å². The van der Waals surface area contributed by atoms with Gasteiger partial charge in [0.05, 0.1) is 0 Å². The Morgan fingerprint density at radius 2 is 1.59 bits per heavy atom. The molecule has 0 heterocycles. The highest BCUT2D eigenvalue weighted by atomic mass is 127. The maximum Gasteiger partial charge on any atom is 0.0475 e. The molecular formula is C15H24IN. The van der Waals surface area contributed by atoms with Gasteiger partial charge >= 0.3 is 0 Å². The molecule has 1 aromatic carbocycles. The fraction of sp³-hybridized carbons (Fsp3) is 0.600. The quantitative estimate of drug-likeness (QED) is 0.463. The number of hydrogen-bond donors (Lipinski definition) is 1. The Labute approximate surface area is 120 Å². The van der Waals surface area contributed by atoms with Gasteiger partial charge in [0.15, 0.2) is 0 Å². The molecule has 96 valence electrons. The lowest BCUT2D eigenvalue weighted by Crippen LogP contribution is -2.02. The van der Waals surface area contributed by atoms with E-state index in [0.717, 1.165) is 6.54 Å². The minimum atomic E-state index is 1.10. The topological polar surface area (TPSA) is 12.0 Å². The molecule has 0 bridgehead atoms. The number of benzene rings is 1. The van der Waals surface area contributed by atoms with E-state index in [-0.39, 0.29) is 0 Å². The molecule has 1 rings (SSSR count). The molecular weight excluding hydrogens is 321 g/mol. The summed E-state index contributed by atoms with van der Waals surface area (Å²) in [4.78, 5) is 0. The number of rotatable bonds is 9. The zero-order valence-electron chi connectivity index (χ0n) is 10.8. The van der Waals surface area contributed by atoms with Crippen LogP contribution in [0.1, 0.15) is 51.9 Å². The smallest absolute Gasteiger partial charge is 0.0475 e. The Hall–Kier alpha value is -0.250. The molecule has 1 aromatic rings. The first-order valence-electron chi connectivity index (χ1n) is 6.83. The molecule has 0 radical (unpaired) electrons. The first-order valence-corrected chi connectivity index (χ1v) is 7.91. The highest BCUT2D eigenvalue weighted by Gasteiger charge is 1.96. The maximum atomic E-state index is 3.51. The van der Waals surface area contributed by atoms with E-state index in [1.165, 1.54) is 54.2 Å². The van der Waals surface area contributed by atoms with Gasteiger partial charge in [0.1, 0.15) is 0 Å². The van der Waals surface area contributed by atoms with Crippen molar-refractivity contribution in [1.82, 2.24) is 0 Å². The van der Waals surface area contributed by atoms with Gasteiger partial charge in [-0.25, -0.2) is 0 Å². The van der Waals surface area contributed by atoms with E-state index in [1.54, 1.807) is 0 Å². The lowest BCUT2D eigenvalue weighted by molar-refractivity contribution is 0.596. The van der Waals surface area contributed by atoms with Crippen molar-refractivity contribution >= 4 is 28.3 Å². The number of unbranched alkanes of at least 4 members (excludes halogenated alkanes) is 6. The van der Waals surface area contributed by atoms with Crippen molar-refractivity contribution in [3.8, 4) is 0 Å². The molecule has 1 nitrogen and oxygen atoms in total. The summed E-state index contributed by atoms with van der Waals surface area (Å²) >= 11 is 2.38. The largest absolute Gasteiger partial charge is 0.384 e. The van der Waals surface area contributed by atoms with E-state index in [9.17, 15) is 0 Å². The summed E-state index contributed by atoms with van der Waals surface area (Å²) in [5, 5.41) is 3.51. The van der Waals surface area contributed by atoms with Crippen molar-refractivity contribution in [3.05, 3.63) is 27.8 Å².